The van der Waals surface area contributed by atoms with Gasteiger partial charge in [0.1, 0.15) is 5.75 Å². The van der Waals surface area contributed by atoms with Crippen molar-refractivity contribution in [2.24, 2.45) is 0 Å². The molecule has 0 saturated carbocycles. The van der Waals surface area contributed by atoms with E-state index in [0.717, 1.165) is 10.0 Å². The second kappa shape index (κ2) is 7.00. The summed E-state index contributed by atoms with van der Waals surface area (Å²) >= 11 is 3.42. The fourth-order valence-electron chi connectivity index (χ4n) is 1.91. The van der Waals surface area contributed by atoms with Gasteiger partial charge < -0.3 is 10.1 Å². The molecule has 0 spiro atoms. The third kappa shape index (κ3) is 4.25. The van der Waals surface area contributed by atoms with E-state index in [1.165, 1.54) is 12.1 Å². The van der Waals surface area contributed by atoms with Crippen LogP contribution >= 0.6 is 15.9 Å². The summed E-state index contributed by atoms with van der Waals surface area (Å²) in [5, 5.41) is 3.02. The summed E-state index contributed by atoms with van der Waals surface area (Å²) in [6, 6.07) is 12.9. The Morgan fingerprint density at radius 1 is 1.14 bits per heavy atom. The van der Waals surface area contributed by atoms with Crippen molar-refractivity contribution in [2.45, 2.75) is 12.5 Å². The molecule has 0 aliphatic heterocycles. The van der Waals surface area contributed by atoms with Crippen molar-refractivity contribution in [3.63, 3.8) is 0 Å². The summed E-state index contributed by atoms with van der Waals surface area (Å²) < 4.78 is 34.2. The van der Waals surface area contributed by atoms with E-state index in [4.69, 9.17) is 4.74 Å². The molecule has 1 N–H and O–H groups in total. The number of ether oxygens (including phenoxy) is 1. The molecule has 0 unspecified atom stereocenters. The van der Waals surface area contributed by atoms with Gasteiger partial charge in [-0.1, -0.05) is 46.3 Å². The topological polar surface area (TPSA) is 21.3 Å². The van der Waals surface area contributed by atoms with Gasteiger partial charge in [0.2, 0.25) is 0 Å². The normalized spacial score (nSPS) is 11.4. The Kier molecular flexibility index (Phi) is 5.31. The average molecular weight is 356 g/mol. The fraction of sp³-hybridized carbons (Fsp3) is 0.250. The van der Waals surface area contributed by atoms with E-state index in [9.17, 15) is 8.78 Å². The first-order valence-electron chi connectivity index (χ1n) is 6.52. The van der Waals surface area contributed by atoms with Gasteiger partial charge in [0.15, 0.2) is 6.61 Å². The molecule has 2 aromatic carbocycles. The summed E-state index contributed by atoms with van der Waals surface area (Å²) in [7, 11) is 1.82. The molecule has 0 atom stereocenters. The molecular formula is C16H16BrF2NO. The maximum Gasteiger partial charge on any atom is 0.306 e. The molecule has 0 aromatic heterocycles. The van der Waals surface area contributed by atoms with Crippen LogP contribution in [0.15, 0.2) is 53.0 Å². The highest BCUT2D eigenvalue weighted by molar-refractivity contribution is 9.10. The van der Waals surface area contributed by atoms with Gasteiger partial charge in [-0.25, -0.2) is 0 Å². The van der Waals surface area contributed by atoms with Crippen molar-refractivity contribution in [3.05, 3.63) is 64.1 Å². The van der Waals surface area contributed by atoms with Crippen LogP contribution in [0, 0.1) is 0 Å². The lowest BCUT2D eigenvalue weighted by Gasteiger charge is -2.18. The minimum Gasteiger partial charge on any atom is -0.487 e. The van der Waals surface area contributed by atoms with E-state index in [1.54, 1.807) is 36.4 Å². The maximum absolute atomic E-state index is 14.0. The summed E-state index contributed by atoms with van der Waals surface area (Å²) in [4.78, 5) is 0. The molecule has 0 bridgehead atoms. The number of rotatable bonds is 6. The molecule has 2 nitrogen and oxygen atoms in total. The third-order valence-electron chi connectivity index (χ3n) is 3.00. The molecule has 0 amide bonds. The van der Waals surface area contributed by atoms with Gasteiger partial charge in [-0.15, -0.1) is 0 Å². The van der Waals surface area contributed by atoms with Crippen LogP contribution in [0.25, 0.3) is 0 Å². The second-order valence-corrected chi connectivity index (χ2v) is 5.50. The van der Waals surface area contributed by atoms with E-state index in [0.29, 0.717) is 12.3 Å². The van der Waals surface area contributed by atoms with Gasteiger partial charge in [0, 0.05) is 16.6 Å². The molecule has 0 aliphatic rings. The highest BCUT2D eigenvalue weighted by Crippen LogP contribution is 2.29. The Morgan fingerprint density at radius 3 is 2.52 bits per heavy atom. The first kappa shape index (κ1) is 15.9. The average Bonchev–Trinajstić information content (AvgIpc) is 2.49. The quantitative estimate of drug-likeness (QED) is 0.832. The van der Waals surface area contributed by atoms with E-state index in [1.807, 2.05) is 7.05 Å². The Balaban J connectivity index is 2.07. The minimum atomic E-state index is -3.02. The van der Waals surface area contributed by atoms with Crippen molar-refractivity contribution in [3.8, 4) is 5.75 Å². The molecule has 0 radical (unpaired) electrons. The first-order chi connectivity index (χ1) is 10.0. The Bertz CT molecular complexity index is 590. The molecule has 5 heteroatoms. The molecular weight excluding hydrogens is 340 g/mol. The van der Waals surface area contributed by atoms with Gasteiger partial charge >= 0.3 is 5.92 Å². The minimum absolute atomic E-state index is 0.0439. The number of alkyl halides is 2. The van der Waals surface area contributed by atoms with E-state index >= 15 is 0 Å². The smallest absolute Gasteiger partial charge is 0.306 e. The lowest BCUT2D eigenvalue weighted by atomic mass is 10.1. The van der Waals surface area contributed by atoms with E-state index in [-0.39, 0.29) is 5.56 Å². The van der Waals surface area contributed by atoms with E-state index in [2.05, 4.69) is 21.2 Å². The fourth-order valence-corrected chi connectivity index (χ4v) is 2.29. The number of halogens is 3. The predicted molar refractivity (Wildman–Crippen MR) is 82.7 cm³/mol. The number of benzene rings is 2. The zero-order valence-electron chi connectivity index (χ0n) is 11.6. The summed E-state index contributed by atoms with van der Waals surface area (Å²) in [5.74, 6) is -2.59. The number of hydrogen-bond donors (Lipinski definition) is 1. The maximum atomic E-state index is 14.0. The van der Waals surface area contributed by atoms with Crippen LogP contribution in [0.5, 0.6) is 5.75 Å². The zero-order valence-corrected chi connectivity index (χ0v) is 13.2. The van der Waals surface area contributed by atoms with Gasteiger partial charge in [0.05, 0.1) is 0 Å². The third-order valence-corrected chi connectivity index (χ3v) is 3.77. The molecule has 21 heavy (non-hydrogen) atoms. The molecule has 0 saturated heterocycles. The summed E-state index contributed by atoms with van der Waals surface area (Å²) in [6.45, 7) is -0.0511. The van der Waals surface area contributed by atoms with E-state index < -0.39 is 12.5 Å². The molecule has 0 aliphatic carbocycles. The molecule has 112 valence electrons. The lowest BCUT2D eigenvalue weighted by molar-refractivity contribution is -0.0467. The van der Waals surface area contributed by atoms with Crippen molar-refractivity contribution in [2.75, 3.05) is 13.7 Å². The van der Waals surface area contributed by atoms with Gasteiger partial charge in [-0.3, -0.25) is 0 Å². The summed E-state index contributed by atoms with van der Waals surface area (Å²) in [6.07, 6.45) is 0. The van der Waals surface area contributed by atoms with Crippen LogP contribution in [-0.4, -0.2) is 13.7 Å². The second-order valence-electron chi connectivity index (χ2n) is 4.64. The highest BCUT2D eigenvalue weighted by atomic mass is 79.9. The van der Waals surface area contributed by atoms with Crippen molar-refractivity contribution in [1.82, 2.24) is 5.32 Å². The number of hydrogen-bond acceptors (Lipinski definition) is 2. The van der Waals surface area contributed by atoms with Crippen molar-refractivity contribution >= 4 is 15.9 Å². The van der Waals surface area contributed by atoms with Crippen molar-refractivity contribution < 1.29 is 13.5 Å². The summed E-state index contributed by atoms with van der Waals surface area (Å²) in [5.41, 5.74) is 0.913. The van der Waals surface area contributed by atoms with Crippen LogP contribution in [0.2, 0.25) is 0 Å². The van der Waals surface area contributed by atoms with Crippen LogP contribution in [-0.2, 0) is 12.5 Å². The van der Waals surface area contributed by atoms with Crippen LogP contribution in [0.1, 0.15) is 11.1 Å². The first-order valence-corrected chi connectivity index (χ1v) is 7.31. The van der Waals surface area contributed by atoms with Crippen molar-refractivity contribution in [1.29, 1.82) is 0 Å². The lowest BCUT2D eigenvalue weighted by Crippen LogP contribution is -2.23. The predicted octanol–water partition coefficient (Wildman–Crippen LogP) is 4.34. The highest BCUT2D eigenvalue weighted by Gasteiger charge is 2.32. The molecule has 2 rings (SSSR count). The molecule has 2 aromatic rings. The molecule has 0 heterocycles. The van der Waals surface area contributed by atoms with Gasteiger partial charge in [-0.2, -0.15) is 8.78 Å². The standard InChI is InChI=1S/C16H16BrF2NO/c1-20-10-12-9-14(7-8-15(12)17)21-11-16(18,19)13-5-3-2-4-6-13/h2-9,20H,10-11H2,1H3. The molecule has 0 fully saturated rings. The van der Waals surface area contributed by atoms with Crippen LogP contribution in [0.4, 0.5) is 8.78 Å². The largest absolute Gasteiger partial charge is 0.487 e. The zero-order chi connectivity index (χ0) is 15.3. The van der Waals surface area contributed by atoms with Gasteiger partial charge in [-0.05, 0) is 30.8 Å². The van der Waals surface area contributed by atoms with Gasteiger partial charge in [0.25, 0.3) is 0 Å². The van der Waals surface area contributed by atoms with Crippen LogP contribution < -0.4 is 10.1 Å². The Hall–Kier alpha value is -1.46. The Labute approximate surface area is 131 Å². The SMILES string of the molecule is CNCc1cc(OCC(F)(F)c2ccccc2)ccc1Br. The van der Waals surface area contributed by atoms with Crippen LogP contribution in [0.3, 0.4) is 0 Å². The number of nitrogens with one attached hydrogen (secondary N) is 1. The monoisotopic (exact) mass is 355 g/mol. The Morgan fingerprint density at radius 2 is 1.86 bits per heavy atom.